The molecule has 2 rings (SSSR count). The van der Waals surface area contributed by atoms with Gasteiger partial charge < -0.3 is 5.11 Å². The van der Waals surface area contributed by atoms with Crippen LogP contribution < -0.4 is 0 Å². The minimum absolute atomic E-state index is 0.270. The van der Waals surface area contributed by atoms with Gasteiger partial charge in [-0.3, -0.25) is 14.7 Å². The molecule has 2 unspecified atom stereocenters. The van der Waals surface area contributed by atoms with Gasteiger partial charge >= 0.3 is 5.97 Å². The van der Waals surface area contributed by atoms with Gasteiger partial charge in [0, 0.05) is 30.6 Å². The number of carbonyl (C=O) groups is 1. The summed E-state index contributed by atoms with van der Waals surface area (Å²) in [7, 11) is 0. The highest BCUT2D eigenvalue weighted by atomic mass is 32.1. The number of carboxylic acids is 1. The molecule has 0 spiro atoms. The summed E-state index contributed by atoms with van der Waals surface area (Å²) in [6.07, 6.45) is 4.55. The average molecular weight is 268 g/mol. The smallest absolute Gasteiger partial charge is 0.303 e. The van der Waals surface area contributed by atoms with Gasteiger partial charge in [0.2, 0.25) is 0 Å². The molecule has 2 atom stereocenters. The van der Waals surface area contributed by atoms with Crippen molar-refractivity contribution in [3.05, 3.63) is 16.6 Å². The predicted octanol–water partition coefficient (Wildman–Crippen LogP) is 2.47. The number of rotatable bonds is 5. The first-order valence-electron chi connectivity index (χ1n) is 6.46. The maximum absolute atomic E-state index is 10.8. The van der Waals surface area contributed by atoms with E-state index in [2.05, 4.69) is 16.8 Å². The molecule has 1 aromatic heterocycles. The molecule has 1 aliphatic heterocycles. The molecule has 0 amide bonds. The molecule has 0 aromatic carbocycles. The van der Waals surface area contributed by atoms with Gasteiger partial charge in [0.1, 0.15) is 0 Å². The molecular formula is C13H20N2O2S. The van der Waals surface area contributed by atoms with Gasteiger partial charge in [0.05, 0.1) is 5.51 Å². The zero-order valence-electron chi connectivity index (χ0n) is 10.7. The Bertz CT molecular complexity index is 380. The van der Waals surface area contributed by atoms with Crippen LogP contribution in [0.1, 0.15) is 31.1 Å². The normalized spacial score (nSPS) is 22.8. The van der Waals surface area contributed by atoms with E-state index >= 15 is 0 Å². The second kappa shape index (κ2) is 6.29. The maximum atomic E-state index is 10.8. The van der Waals surface area contributed by atoms with Crippen LogP contribution in [0.3, 0.4) is 0 Å². The maximum Gasteiger partial charge on any atom is 0.303 e. The van der Waals surface area contributed by atoms with E-state index in [9.17, 15) is 4.79 Å². The predicted molar refractivity (Wildman–Crippen MR) is 71.5 cm³/mol. The minimum atomic E-state index is -0.679. The van der Waals surface area contributed by atoms with E-state index in [-0.39, 0.29) is 5.92 Å². The lowest BCUT2D eigenvalue weighted by Gasteiger charge is -2.35. The summed E-state index contributed by atoms with van der Waals surface area (Å²) < 4.78 is 0. The van der Waals surface area contributed by atoms with Crippen LogP contribution >= 0.6 is 11.3 Å². The number of carboxylic acid groups (broad SMARTS) is 1. The highest BCUT2D eigenvalue weighted by Crippen LogP contribution is 2.27. The quantitative estimate of drug-likeness (QED) is 0.891. The summed E-state index contributed by atoms with van der Waals surface area (Å²) in [6.45, 7) is 5.16. The minimum Gasteiger partial charge on any atom is -0.481 e. The Labute approximate surface area is 112 Å². The third-order valence-corrected chi connectivity index (χ3v) is 4.47. The third-order valence-electron chi connectivity index (χ3n) is 3.71. The molecular weight excluding hydrogens is 248 g/mol. The SMILES string of the molecule is CC(CC(=O)O)C1CCCN(Cc2cncs2)C1. The number of hydrogen-bond donors (Lipinski definition) is 1. The number of thiazole rings is 1. The van der Waals surface area contributed by atoms with Gasteiger partial charge in [0.15, 0.2) is 0 Å². The van der Waals surface area contributed by atoms with Gasteiger partial charge in [-0.1, -0.05) is 6.92 Å². The lowest BCUT2D eigenvalue weighted by atomic mass is 9.84. The van der Waals surface area contributed by atoms with Crippen molar-refractivity contribution in [2.45, 2.75) is 32.7 Å². The molecule has 1 N–H and O–H groups in total. The summed E-state index contributed by atoms with van der Waals surface area (Å²) in [5.41, 5.74) is 1.86. The van der Waals surface area contributed by atoms with Crippen molar-refractivity contribution in [3.8, 4) is 0 Å². The zero-order valence-corrected chi connectivity index (χ0v) is 11.5. The van der Waals surface area contributed by atoms with Crippen LogP contribution in [0, 0.1) is 11.8 Å². The molecule has 0 radical (unpaired) electrons. The van der Waals surface area contributed by atoms with Gasteiger partial charge in [-0.25, -0.2) is 0 Å². The summed E-state index contributed by atoms with van der Waals surface area (Å²) in [6, 6.07) is 0. The topological polar surface area (TPSA) is 53.4 Å². The molecule has 0 aliphatic carbocycles. The van der Waals surface area contributed by atoms with E-state index in [4.69, 9.17) is 5.11 Å². The lowest BCUT2D eigenvalue weighted by Crippen LogP contribution is -2.37. The third kappa shape index (κ3) is 3.78. The number of nitrogens with zero attached hydrogens (tertiary/aromatic N) is 2. The van der Waals surface area contributed by atoms with E-state index in [1.54, 1.807) is 11.3 Å². The first-order valence-corrected chi connectivity index (χ1v) is 7.34. The number of piperidine rings is 1. The summed E-state index contributed by atoms with van der Waals surface area (Å²) in [5.74, 6) is 0.108. The Morgan fingerprint density at radius 1 is 1.72 bits per heavy atom. The van der Waals surface area contributed by atoms with E-state index in [1.807, 2.05) is 11.7 Å². The van der Waals surface area contributed by atoms with Crippen molar-refractivity contribution in [2.75, 3.05) is 13.1 Å². The van der Waals surface area contributed by atoms with E-state index < -0.39 is 5.97 Å². The molecule has 2 heterocycles. The Morgan fingerprint density at radius 3 is 3.22 bits per heavy atom. The molecule has 1 aromatic rings. The van der Waals surface area contributed by atoms with Crippen LogP contribution in [0.5, 0.6) is 0 Å². The van der Waals surface area contributed by atoms with Gasteiger partial charge in [0.25, 0.3) is 0 Å². The highest BCUT2D eigenvalue weighted by molar-refractivity contribution is 7.09. The molecule has 0 saturated carbocycles. The van der Waals surface area contributed by atoms with Crippen molar-refractivity contribution in [1.29, 1.82) is 0 Å². The van der Waals surface area contributed by atoms with Crippen molar-refractivity contribution >= 4 is 17.3 Å². The second-order valence-corrected chi connectivity index (χ2v) is 6.15. The number of aliphatic carboxylic acids is 1. The Hall–Kier alpha value is -0.940. The first-order chi connectivity index (χ1) is 8.65. The first kappa shape index (κ1) is 13.5. The number of likely N-dealkylation sites (tertiary alicyclic amines) is 1. The highest BCUT2D eigenvalue weighted by Gasteiger charge is 2.26. The molecule has 4 nitrogen and oxygen atoms in total. The number of aromatic nitrogens is 1. The zero-order chi connectivity index (χ0) is 13.0. The summed E-state index contributed by atoms with van der Waals surface area (Å²) in [5, 5.41) is 8.87. The molecule has 0 bridgehead atoms. The lowest BCUT2D eigenvalue weighted by molar-refractivity contribution is -0.138. The van der Waals surface area contributed by atoms with Crippen molar-refractivity contribution < 1.29 is 9.90 Å². The van der Waals surface area contributed by atoms with Crippen LogP contribution in [0.25, 0.3) is 0 Å². The molecule has 1 fully saturated rings. The van der Waals surface area contributed by atoms with Gasteiger partial charge in [-0.2, -0.15) is 0 Å². The van der Waals surface area contributed by atoms with E-state index in [0.717, 1.165) is 26.1 Å². The van der Waals surface area contributed by atoms with Crippen molar-refractivity contribution in [2.24, 2.45) is 11.8 Å². The van der Waals surface area contributed by atoms with Crippen LogP contribution in [-0.4, -0.2) is 34.0 Å². The van der Waals surface area contributed by atoms with Crippen LogP contribution in [0.15, 0.2) is 11.7 Å². The fraction of sp³-hybridized carbons (Fsp3) is 0.692. The summed E-state index contributed by atoms with van der Waals surface area (Å²) in [4.78, 5) is 18.6. The van der Waals surface area contributed by atoms with Crippen LogP contribution in [0.4, 0.5) is 0 Å². The fourth-order valence-electron chi connectivity index (χ4n) is 2.68. The average Bonchev–Trinajstić information content (AvgIpc) is 2.81. The Balaban J connectivity index is 1.86. The molecule has 18 heavy (non-hydrogen) atoms. The standard InChI is InChI=1S/C13H20N2O2S/c1-10(5-13(16)17)11-3-2-4-15(7-11)8-12-6-14-9-18-12/h6,9-11H,2-5,7-8H2,1H3,(H,16,17). The Morgan fingerprint density at radius 2 is 2.56 bits per heavy atom. The van der Waals surface area contributed by atoms with Gasteiger partial charge in [-0.15, -0.1) is 11.3 Å². The Kier molecular flexibility index (Phi) is 4.72. The monoisotopic (exact) mass is 268 g/mol. The summed E-state index contributed by atoms with van der Waals surface area (Å²) >= 11 is 1.69. The molecule has 5 heteroatoms. The van der Waals surface area contributed by atoms with E-state index in [1.165, 1.54) is 11.3 Å². The van der Waals surface area contributed by atoms with Crippen molar-refractivity contribution in [3.63, 3.8) is 0 Å². The largest absolute Gasteiger partial charge is 0.481 e. The van der Waals surface area contributed by atoms with E-state index in [0.29, 0.717) is 12.3 Å². The van der Waals surface area contributed by atoms with Crippen LogP contribution in [0.2, 0.25) is 0 Å². The molecule has 1 saturated heterocycles. The van der Waals surface area contributed by atoms with Crippen LogP contribution in [-0.2, 0) is 11.3 Å². The molecule has 1 aliphatic rings. The second-order valence-electron chi connectivity index (χ2n) is 5.18. The van der Waals surface area contributed by atoms with Gasteiger partial charge in [-0.05, 0) is 31.2 Å². The number of hydrogen-bond acceptors (Lipinski definition) is 4. The molecule has 100 valence electrons. The van der Waals surface area contributed by atoms with Crippen molar-refractivity contribution in [1.82, 2.24) is 9.88 Å². The fourth-order valence-corrected chi connectivity index (χ4v) is 3.32.